The number of terminal acetylenes is 1. The zero-order chi connectivity index (χ0) is 26.1. The summed E-state index contributed by atoms with van der Waals surface area (Å²) in [5.74, 6) is 4.39. The average Bonchev–Trinajstić information content (AvgIpc) is 2.85. The lowest BCUT2D eigenvalue weighted by Crippen LogP contribution is -2.31. The largest absolute Gasteiger partial charge is 0.491 e. The zero-order valence-corrected chi connectivity index (χ0v) is 26.9. The summed E-state index contributed by atoms with van der Waals surface area (Å²) in [5, 5.41) is 10.1. The normalized spacial score (nSPS) is 15.8. The monoisotopic (exact) mass is 768 g/mol. The zero-order valence-electron chi connectivity index (χ0n) is 19.8. The van der Waals surface area contributed by atoms with Gasteiger partial charge < -0.3 is 19.3 Å². The van der Waals surface area contributed by atoms with E-state index >= 15 is 0 Å². The van der Waals surface area contributed by atoms with Crippen molar-refractivity contribution in [2.24, 2.45) is 0 Å². The van der Waals surface area contributed by atoms with Crippen LogP contribution in [-0.4, -0.2) is 43.5 Å². The van der Waals surface area contributed by atoms with Crippen LogP contribution in [0.1, 0.15) is 49.7 Å². The Labute approximate surface area is 252 Å². The summed E-state index contributed by atoms with van der Waals surface area (Å²) in [6.45, 7) is 0.943. The number of halogens is 5. The Morgan fingerprint density at radius 1 is 0.889 bits per heavy atom. The molecule has 1 saturated carbocycles. The first-order valence-electron chi connectivity index (χ1n) is 11.8. The van der Waals surface area contributed by atoms with Gasteiger partial charge in [-0.25, -0.2) is 0 Å². The molecule has 1 aliphatic carbocycles. The number of alkyl halides is 1. The van der Waals surface area contributed by atoms with E-state index in [-0.39, 0.29) is 25.2 Å². The quantitative estimate of drug-likeness (QED) is 0.134. The molecule has 2 aromatic rings. The Morgan fingerprint density at radius 2 is 1.42 bits per heavy atom. The molecular weight excluding hydrogens is 743 g/mol. The summed E-state index contributed by atoms with van der Waals surface area (Å²) in [7, 11) is 0. The van der Waals surface area contributed by atoms with Gasteiger partial charge in [0.2, 0.25) is 0 Å². The number of aliphatic hydroxyl groups excluding tert-OH is 1. The predicted octanol–water partition coefficient (Wildman–Crippen LogP) is 8.38. The van der Waals surface area contributed by atoms with Gasteiger partial charge in [-0.15, -0.1) is 18.0 Å². The van der Waals surface area contributed by atoms with Crippen molar-refractivity contribution in [2.45, 2.75) is 50.0 Å². The van der Waals surface area contributed by atoms with Crippen LogP contribution in [0.15, 0.2) is 42.2 Å². The summed E-state index contributed by atoms with van der Waals surface area (Å²) in [6, 6.07) is 8.65. The predicted molar refractivity (Wildman–Crippen MR) is 160 cm³/mol. The average molecular weight is 773 g/mol. The molecule has 36 heavy (non-hydrogen) atoms. The maximum Gasteiger partial charge on any atom is 0.147 e. The van der Waals surface area contributed by atoms with E-state index in [9.17, 15) is 5.11 Å². The van der Waals surface area contributed by atoms with Crippen molar-refractivity contribution in [1.29, 1.82) is 0 Å². The Morgan fingerprint density at radius 3 is 1.92 bits per heavy atom. The van der Waals surface area contributed by atoms with Gasteiger partial charge in [0, 0.05) is 11.3 Å². The van der Waals surface area contributed by atoms with E-state index < -0.39 is 6.10 Å². The third-order valence-electron chi connectivity index (χ3n) is 6.25. The van der Waals surface area contributed by atoms with Crippen molar-refractivity contribution >= 4 is 75.3 Å². The molecular formula is C27H29Br4ClO4. The third-order valence-corrected chi connectivity index (χ3v) is 8.87. The van der Waals surface area contributed by atoms with Crippen LogP contribution in [0, 0.1) is 12.3 Å². The molecule has 0 aliphatic heterocycles. The lowest BCUT2D eigenvalue weighted by Gasteiger charge is -2.39. The first-order chi connectivity index (χ1) is 17.3. The minimum atomic E-state index is -0.776. The van der Waals surface area contributed by atoms with E-state index in [0.29, 0.717) is 18.2 Å². The van der Waals surface area contributed by atoms with Gasteiger partial charge in [-0.1, -0.05) is 25.2 Å². The molecule has 0 aromatic heterocycles. The van der Waals surface area contributed by atoms with Crippen LogP contribution in [0.5, 0.6) is 11.5 Å². The number of hydrogen-bond acceptors (Lipinski definition) is 4. The van der Waals surface area contributed by atoms with Crippen molar-refractivity contribution in [3.8, 4) is 23.8 Å². The molecule has 196 valence electrons. The van der Waals surface area contributed by atoms with Crippen molar-refractivity contribution in [3.63, 3.8) is 0 Å². The maximum atomic E-state index is 10.1. The summed E-state index contributed by atoms with van der Waals surface area (Å²) >= 11 is 20.7. The van der Waals surface area contributed by atoms with Gasteiger partial charge in [-0.05, 0) is 118 Å². The standard InChI is InChI=1S/C27H29Br4ClO4/c1-2-10-34-16-20(33)17-36-26-23(30)14-19(15-24(26)31)27(7-4-3-5-8-27)18-12-21(28)25(22(29)13-18)35-11-6-9-32/h1,12-15,20,33H,3-11,16-17H2. The van der Waals surface area contributed by atoms with Crippen molar-refractivity contribution < 1.29 is 19.3 Å². The fourth-order valence-corrected chi connectivity index (χ4v) is 7.50. The fourth-order valence-electron chi connectivity index (χ4n) is 4.56. The molecule has 1 atom stereocenters. The van der Waals surface area contributed by atoms with E-state index in [1.165, 1.54) is 17.5 Å². The molecule has 0 amide bonds. The second-order valence-corrected chi connectivity index (χ2v) is 12.6. The van der Waals surface area contributed by atoms with Crippen molar-refractivity contribution in [1.82, 2.24) is 0 Å². The first-order valence-corrected chi connectivity index (χ1v) is 15.5. The van der Waals surface area contributed by atoms with E-state index in [1.807, 2.05) is 0 Å². The van der Waals surface area contributed by atoms with Crippen molar-refractivity contribution in [3.05, 3.63) is 53.3 Å². The molecule has 9 heteroatoms. The number of ether oxygens (including phenoxy) is 3. The van der Waals surface area contributed by atoms with Crippen LogP contribution in [-0.2, 0) is 10.2 Å². The molecule has 1 unspecified atom stereocenters. The van der Waals surface area contributed by atoms with Crippen LogP contribution in [0.25, 0.3) is 0 Å². The number of hydrogen-bond donors (Lipinski definition) is 1. The lowest BCUT2D eigenvalue weighted by atomic mass is 9.65. The summed E-state index contributed by atoms with van der Waals surface area (Å²) in [6.07, 6.45) is 10.8. The van der Waals surface area contributed by atoms with Crippen LogP contribution < -0.4 is 9.47 Å². The van der Waals surface area contributed by atoms with E-state index in [4.69, 9.17) is 32.2 Å². The molecule has 1 aliphatic rings. The van der Waals surface area contributed by atoms with Gasteiger partial charge in [0.15, 0.2) is 0 Å². The number of benzene rings is 2. The second kappa shape index (κ2) is 14.8. The highest BCUT2D eigenvalue weighted by molar-refractivity contribution is 9.11. The SMILES string of the molecule is C#CCOCC(O)COc1c(Br)cc(C2(c3cc(Br)c(OCCCCl)c(Br)c3)CCCCC2)cc1Br. The van der Waals surface area contributed by atoms with Gasteiger partial charge >= 0.3 is 0 Å². The van der Waals surface area contributed by atoms with Crippen LogP contribution in [0.3, 0.4) is 0 Å². The van der Waals surface area contributed by atoms with Gasteiger partial charge in [0.1, 0.15) is 30.8 Å². The molecule has 0 bridgehead atoms. The number of aliphatic hydroxyl groups is 1. The van der Waals surface area contributed by atoms with Gasteiger partial charge in [-0.2, -0.15) is 0 Å². The highest BCUT2D eigenvalue weighted by atomic mass is 79.9. The minimum absolute atomic E-state index is 0.0946. The van der Waals surface area contributed by atoms with Gasteiger partial charge in [-0.3, -0.25) is 0 Å². The third kappa shape index (κ3) is 7.65. The van der Waals surface area contributed by atoms with Gasteiger partial charge in [0.25, 0.3) is 0 Å². The van der Waals surface area contributed by atoms with E-state index in [2.05, 4.69) is 93.9 Å². The smallest absolute Gasteiger partial charge is 0.147 e. The molecule has 3 rings (SSSR count). The highest BCUT2D eigenvalue weighted by Crippen LogP contribution is 2.50. The van der Waals surface area contributed by atoms with E-state index in [1.54, 1.807) is 0 Å². The maximum absolute atomic E-state index is 10.1. The van der Waals surface area contributed by atoms with Gasteiger partial charge in [0.05, 0.1) is 31.1 Å². The second-order valence-electron chi connectivity index (χ2n) is 8.76. The molecule has 0 radical (unpaired) electrons. The Kier molecular flexibility index (Phi) is 12.4. The summed E-state index contributed by atoms with van der Waals surface area (Å²) < 4.78 is 20.6. The highest BCUT2D eigenvalue weighted by Gasteiger charge is 2.37. The molecule has 0 spiro atoms. The Bertz CT molecular complexity index is 1020. The Balaban J connectivity index is 1.90. The fraction of sp³-hybridized carbons (Fsp3) is 0.481. The lowest BCUT2D eigenvalue weighted by molar-refractivity contribution is 0.0225. The van der Waals surface area contributed by atoms with Crippen LogP contribution in [0.4, 0.5) is 0 Å². The van der Waals surface area contributed by atoms with Crippen LogP contribution in [0.2, 0.25) is 0 Å². The topological polar surface area (TPSA) is 47.9 Å². The molecule has 2 aromatic carbocycles. The van der Waals surface area contributed by atoms with Crippen LogP contribution >= 0.6 is 75.3 Å². The summed E-state index contributed by atoms with van der Waals surface area (Å²) in [5.41, 5.74) is 2.30. The van der Waals surface area contributed by atoms with E-state index in [0.717, 1.165) is 55.7 Å². The minimum Gasteiger partial charge on any atom is -0.491 e. The molecule has 4 nitrogen and oxygen atoms in total. The number of rotatable bonds is 12. The molecule has 1 fully saturated rings. The Hall–Kier alpha value is -0.270. The summed E-state index contributed by atoms with van der Waals surface area (Å²) in [4.78, 5) is 0. The molecule has 0 saturated heterocycles. The van der Waals surface area contributed by atoms with Crippen molar-refractivity contribution in [2.75, 3.05) is 32.3 Å². The molecule has 0 heterocycles. The molecule has 1 N–H and O–H groups in total. The first kappa shape index (κ1) is 30.3.